The molecule has 0 radical (unpaired) electrons. The number of piperidine rings is 1. The Morgan fingerprint density at radius 1 is 1.10 bits per heavy atom. The summed E-state index contributed by atoms with van der Waals surface area (Å²) in [5.74, 6) is 1.79. The van der Waals surface area contributed by atoms with Crippen molar-refractivity contribution in [2.45, 2.75) is 40.2 Å². The number of likely N-dealkylation sites (tertiary alicyclic amines) is 1. The van der Waals surface area contributed by atoms with Crippen LogP contribution < -0.4 is 5.32 Å². The smallest absolute Gasteiger partial charge is 0.238 e. The van der Waals surface area contributed by atoms with Gasteiger partial charge in [0.2, 0.25) is 5.91 Å². The molecule has 29 heavy (non-hydrogen) atoms. The van der Waals surface area contributed by atoms with Gasteiger partial charge in [0.1, 0.15) is 5.82 Å². The molecule has 4 rings (SSSR count). The van der Waals surface area contributed by atoms with Gasteiger partial charge in [0.05, 0.1) is 17.6 Å². The third-order valence-electron chi connectivity index (χ3n) is 6.03. The SMILES string of the molecule is Cc1ccc(C)c(NC(=O)CN2CCC(Cn3c(C)nc4ccccc43)CC2)c1. The largest absolute Gasteiger partial charge is 0.328 e. The first-order chi connectivity index (χ1) is 14.0. The molecule has 0 saturated carbocycles. The van der Waals surface area contributed by atoms with Crippen molar-refractivity contribution in [3.8, 4) is 0 Å². The van der Waals surface area contributed by atoms with Gasteiger partial charge in [-0.15, -0.1) is 0 Å². The second-order valence-corrected chi connectivity index (χ2v) is 8.34. The van der Waals surface area contributed by atoms with Gasteiger partial charge in [-0.2, -0.15) is 0 Å². The van der Waals surface area contributed by atoms with Crippen LogP contribution in [0.3, 0.4) is 0 Å². The van der Waals surface area contributed by atoms with Gasteiger partial charge >= 0.3 is 0 Å². The second-order valence-electron chi connectivity index (χ2n) is 8.34. The van der Waals surface area contributed by atoms with Crippen LogP contribution in [0, 0.1) is 26.7 Å². The van der Waals surface area contributed by atoms with E-state index in [4.69, 9.17) is 0 Å². The molecule has 1 fully saturated rings. The lowest BCUT2D eigenvalue weighted by molar-refractivity contribution is -0.117. The molecular formula is C24H30N4O. The predicted molar refractivity (Wildman–Crippen MR) is 118 cm³/mol. The highest BCUT2D eigenvalue weighted by atomic mass is 16.2. The number of rotatable bonds is 5. The molecule has 152 valence electrons. The average molecular weight is 391 g/mol. The van der Waals surface area contributed by atoms with Gasteiger partial charge in [0, 0.05) is 12.2 Å². The summed E-state index contributed by atoms with van der Waals surface area (Å²) in [7, 11) is 0. The Morgan fingerprint density at radius 3 is 2.66 bits per heavy atom. The lowest BCUT2D eigenvalue weighted by Gasteiger charge is -2.32. The van der Waals surface area contributed by atoms with Crippen LogP contribution in [0.25, 0.3) is 11.0 Å². The number of benzene rings is 2. The second kappa shape index (κ2) is 8.37. The molecular weight excluding hydrogens is 360 g/mol. The van der Waals surface area contributed by atoms with Crippen LogP contribution in [-0.4, -0.2) is 40.0 Å². The number of carbonyl (C=O) groups is 1. The van der Waals surface area contributed by atoms with Crippen LogP contribution in [0.4, 0.5) is 5.69 Å². The summed E-state index contributed by atoms with van der Waals surface area (Å²) < 4.78 is 2.35. The van der Waals surface area contributed by atoms with E-state index in [2.05, 4.69) is 57.0 Å². The van der Waals surface area contributed by atoms with Crippen molar-refractivity contribution in [1.29, 1.82) is 0 Å². The summed E-state index contributed by atoms with van der Waals surface area (Å²) in [6.07, 6.45) is 2.23. The maximum Gasteiger partial charge on any atom is 0.238 e. The normalized spacial score (nSPS) is 15.7. The van der Waals surface area contributed by atoms with E-state index < -0.39 is 0 Å². The molecule has 5 nitrogen and oxygen atoms in total. The minimum atomic E-state index is 0.0774. The number of anilines is 1. The topological polar surface area (TPSA) is 50.2 Å². The summed E-state index contributed by atoms with van der Waals surface area (Å²) in [6, 6.07) is 14.5. The Balaban J connectivity index is 1.31. The molecule has 1 aliphatic heterocycles. The van der Waals surface area contributed by atoms with Crippen molar-refractivity contribution in [2.75, 3.05) is 25.0 Å². The number of hydrogen-bond donors (Lipinski definition) is 1. The molecule has 5 heteroatoms. The first-order valence-corrected chi connectivity index (χ1v) is 10.5. The molecule has 1 saturated heterocycles. The van der Waals surface area contributed by atoms with Gasteiger partial charge < -0.3 is 9.88 Å². The van der Waals surface area contributed by atoms with E-state index in [0.717, 1.165) is 60.6 Å². The molecule has 1 aliphatic rings. The summed E-state index contributed by atoms with van der Waals surface area (Å²) in [6.45, 7) is 9.58. The molecule has 0 unspecified atom stereocenters. The van der Waals surface area contributed by atoms with Crippen molar-refractivity contribution < 1.29 is 4.79 Å². The predicted octanol–water partition coefficient (Wildman–Crippen LogP) is 4.31. The van der Waals surface area contributed by atoms with E-state index >= 15 is 0 Å². The minimum absolute atomic E-state index is 0.0774. The summed E-state index contributed by atoms with van der Waals surface area (Å²) >= 11 is 0. The molecule has 2 heterocycles. The number of imidazole rings is 1. The van der Waals surface area contributed by atoms with Crippen LogP contribution in [0.2, 0.25) is 0 Å². The maximum absolute atomic E-state index is 12.5. The van der Waals surface area contributed by atoms with Crippen LogP contribution in [0.15, 0.2) is 42.5 Å². The van der Waals surface area contributed by atoms with E-state index in [-0.39, 0.29) is 5.91 Å². The summed E-state index contributed by atoms with van der Waals surface area (Å²) in [4.78, 5) is 19.5. The lowest BCUT2D eigenvalue weighted by Crippen LogP contribution is -2.40. The van der Waals surface area contributed by atoms with Gasteiger partial charge in [-0.05, 0) is 81.9 Å². The van der Waals surface area contributed by atoms with Crippen molar-refractivity contribution in [2.24, 2.45) is 5.92 Å². The number of aryl methyl sites for hydroxylation is 3. The van der Waals surface area contributed by atoms with Gasteiger partial charge in [-0.3, -0.25) is 9.69 Å². The summed E-state index contributed by atoms with van der Waals surface area (Å²) in [5.41, 5.74) is 5.48. The average Bonchev–Trinajstić information content (AvgIpc) is 3.01. The number of para-hydroxylation sites is 2. The number of amides is 1. The third kappa shape index (κ3) is 4.51. The van der Waals surface area contributed by atoms with Gasteiger partial charge in [0.25, 0.3) is 0 Å². The zero-order chi connectivity index (χ0) is 20.4. The fraction of sp³-hybridized carbons (Fsp3) is 0.417. The number of carbonyl (C=O) groups excluding carboxylic acids is 1. The lowest BCUT2D eigenvalue weighted by atomic mass is 9.96. The standard InChI is InChI=1S/C24H30N4O/c1-17-8-9-18(2)22(14-17)26-24(29)16-27-12-10-20(11-13-27)15-28-19(3)25-21-6-4-5-7-23(21)28/h4-9,14,20H,10-13,15-16H2,1-3H3,(H,26,29). The fourth-order valence-corrected chi connectivity index (χ4v) is 4.28. The van der Waals surface area contributed by atoms with E-state index in [0.29, 0.717) is 12.5 Å². The zero-order valence-electron chi connectivity index (χ0n) is 17.6. The van der Waals surface area contributed by atoms with Gasteiger partial charge in [-0.25, -0.2) is 4.98 Å². The van der Waals surface area contributed by atoms with Crippen molar-refractivity contribution in [3.05, 3.63) is 59.4 Å². The quantitative estimate of drug-likeness (QED) is 0.706. The Bertz CT molecular complexity index is 1010. The first kappa shape index (κ1) is 19.6. The van der Waals surface area contributed by atoms with Gasteiger partial charge in [-0.1, -0.05) is 24.3 Å². The number of nitrogens with zero attached hydrogens (tertiary/aromatic N) is 3. The van der Waals surface area contributed by atoms with Crippen molar-refractivity contribution in [1.82, 2.24) is 14.5 Å². The van der Waals surface area contributed by atoms with E-state index in [1.165, 1.54) is 5.52 Å². The maximum atomic E-state index is 12.5. The molecule has 3 aromatic rings. The molecule has 0 bridgehead atoms. The molecule has 2 aromatic carbocycles. The molecule has 1 aromatic heterocycles. The Hall–Kier alpha value is -2.66. The van der Waals surface area contributed by atoms with E-state index in [1.807, 2.05) is 26.0 Å². The monoisotopic (exact) mass is 390 g/mol. The number of hydrogen-bond acceptors (Lipinski definition) is 3. The highest BCUT2D eigenvalue weighted by molar-refractivity contribution is 5.93. The van der Waals surface area contributed by atoms with Crippen molar-refractivity contribution >= 4 is 22.6 Å². The van der Waals surface area contributed by atoms with Crippen molar-refractivity contribution in [3.63, 3.8) is 0 Å². The molecule has 1 amide bonds. The molecule has 0 spiro atoms. The first-order valence-electron chi connectivity index (χ1n) is 10.5. The Labute approximate surface area is 172 Å². The Morgan fingerprint density at radius 2 is 1.86 bits per heavy atom. The highest BCUT2D eigenvalue weighted by Gasteiger charge is 2.22. The minimum Gasteiger partial charge on any atom is -0.328 e. The number of aromatic nitrogens is 2. The number of fused-ring (bicyclic) bond motifs is 1. The Kier molecular flexibility index (Phi) is 5.67. The van der Waals surface area contributed by atoms with Gasteiger partial charge in [0.15, 0.2) is 0 Å². The third-order valence-corrected chi connectivity index (χ3v) is 6.03. The highest BCUT2D eigenvalue weighted by Crippen LogP contribution is 2.23. The molecule has 0 aliphatic carbocycles. The summed E-state index contributed by atoms with van der Waals surface area (Å²) in [5, 5.41) is 3.08. The zero-order valence-corrected chi connectivity index (χ0v) is 17.6. The molecule has 1 N–H and O–H groups in total. The van der Waals surface area contributed by atoms with Crippen LogP contribution >= 0.6 is 0 Å². The van der Waals surface area contributed by atoms with Crippen LogP contribution in [0.5, 0.6) is 0 Å². The fourth-order valence-electron chi connectivity index (χ4n) is 4.28. The number of nitrogens with one attached hydrogen (secondary N) is 1. The molecule has 0 atom stereocenters. The van der Waals surface area contributed by atoms with Crippen LogP contribution in [-0.2, 0) is 11.3 Å². The van der Waals surface area contributed by atoms with E-state index in [9.17, 15) is 4.79 Å². The van der Waals surface area contributed by atoms with E-state index in [1.54, 1.807) is 0 Å². The van der Waals surface area contributed by atoms with Crippen LogP contribution in [0.1, 0.15) is 29.8 Å².